The summed E-state index contributed by atoms with van der Waals surface area (Å²) in [7, 11) is 2.07. The zero-order valence-electron chi connectivity index (χ0n) is 12.4. The number of piperidine rings is 1. The van der Waals surface area contributed by atoms with Crippen LogP contribution in [0.25, 0.3) is 0 Å². The molecule has 1 N–H and O–H groups in total. The number of likely N-dealkylation sites (tertiary alicyclic amines) is 1. The fraction of sp³-hybridized carbons (Fsp3) is 0.692. The minimum Gasteiger partial charge on any atom is -0.353 e. The summed E-state index contributed by atoms with van der Waals surface area (Å²) in [6.07, 6.45) is 4.46. The number of amides is 1. The fourth-order valence-electron chi connectivity index (χ4n) is 2.41. The normalized spacial score (nSPS) is 18.4. The van der Waals surface area contributed by atoms with Gasteiger partial charge in [-0.2, -0.15) is 5.10 Å². The van der Waals surface area contributed by atoms with E-state index in [1.165, 1.54) is 17.1 Å². The van der Waals surface area contributed by atoms with Gasteiger partial charge < -0.3 is 10.2 Å². The van der Waals surface area contributed by atoms with E-state index in [9.17, 15) is 14.9 Å². The van der Waals surface area contributed by atoms with Gasteiger partial charge in [0, 0.05) is 6.04 Å². The van der Waals surface area contributed by atoms with Crippen molar-refractivity contribution < 1.29 is 9.72 Å². The number of nitro groups is 1. The smallest absolute Gasteiger partial charge is 0.306 e. The molecule has 8 nitrogen and oxygen atoms in total. The van der Waals surface area contributed by atoms with Gasteiger partial charge in [0.25, 0.3) is 0 Å². The van der Waals surface area contributed by atoms with Crippen molar-refractivity contribution in [1.29, 1.82) is 0 Å². The highest BCUT2D eigenvalue weighted by Crippen LogP contribution is 2.12. The van der Waals surface area contributed by atoms with Crippen LogP contribution < -0.4 is 5.32 Å². The van der Waals surface area contributed by atoms with E-state index >= 15 is 0 Å². The third-order valence-corrected chi connectivity index (χ3v) is 3.80. The minimum atomic E-state index is -0.493. The van der Waals surface area contributed by atoms with E-state index in [1.807, 2.05) is 0 Å². The first-order chi connectivity index (χ1) is 9.95. The second-order valence-corrected chi connectivity index (χ2v) is 5.66. The average Bonchev–Trinajstić information content (AvgIpc) is 2.90. The molecule has 1 aliphatic rings. The topological polar surface area (TPSA) is 93.3 Å². The average molecular weight is 295 g/mol. The zero-order valence-corrected chi connectivity index (χ0v) is 12.4. The summed E-state index contributed by atoms with van der Waals surface area (Å²) in [4.78, 5) is 24.5. The third kappa shape index (κ3) is 4.25. The van der Waals surface area contributed by atoms with Crippen molar-refractivity contribution in [3.05, 3.63) is 22.5 Å². The number of rotatable bonds is 5. The Labute approximate surface area is 123 Å². The molecule has 21 heavy (non-hydrogen) atoms. The number of nitrogens with one attached hydrogen (secondary N) is 1. The SMILES string of the molecule is CC(Cn1cc([N+](=O)[O-])cn1)C(=O)NC1CCN(C)CC1. The Morgan fingerprint density at radius 3 is 2.81 bits per heavy atom. The van der Waals surface area contributed by atoms with Crippen LogP contribution in [-0.4, -0.2) is 51.7 Å². The molecular formula is C13H21N5O3. The Morgan fingerprint density at radius 1 is 1.57 bits per heavy atom. The van der Waals surface area contributed by atoms with Crippen LogP contribution in [0.15, 0.2) is 12.4 Å². The first-order valence-electron chi connectivity index (χ1n) is 7.11. The lowest BCUT2D eigenvalue weighted by Gasteiger charge is -2.30. The monoisotopic (exact) mass is 295 g/mol. The van der Waals surface area contributed by atoms with Crippen molar-refractivity contribution in [1.82, 2.24) is 20.0 Å². The van der Waals surface area contributed by atoms with E-state index in [-0.39, 0.29) is 23.6 Å². The summed E-state index contributed by atoms with van der Waals surface area (Å²) in [5.74, 6) is -0.299. The largest absolute Gasteiger partial charge is 0.353 e. The quantitative estimate of drug-likeness (QED) is 0.635. The van der Waals surface area contributed by atoms with Crippen LogP contribution in [-0.2, 0) is 11.3 Å². The maximum atomic E-state index is 12.1. The number of carbonyl (C=O) groups excluding carboxylic acids is 1. The van der Waals surface area contributed by atoms with Crippen LogP contribution in [0.5, 0.6) is 0 Å². The summed E-state index contributed by atoms with van der Waals surface area (Å²) in [5, 5.41) is 17.5. The van der Waals surface area contributed by atoms with E-state index in [2.05, 4.69) is 22.4 Å². The Kier molecular flexibility index (Phi) is 4.89. The van der Waals surface area contributed by atoms with Crippen molar-refractivity contribution in [2.75, 3.05) is 20.1 Å². The molecule has 0 radical (unpaired) electrons. The van der Waals surface area contributed by atoms with Crippen molar-refractivity contribution in [3.63, 3.8) is 0 Å². The summed E-state index contributed by atoms with van der Waals surface area (Å²) < 4.78 is 1.44. The van der Waals surface area contributed by atoms with Crippen molar-refractivity contribution in [3.8, 4) is 0 Å². The summed E-state index contributed by atoms with van der Waals surface area (Å²) in [6.45, 7) is 4.12. The van der Waals surface area contributed by atoms with Gasteiger partial charge in [-0.1, -0.05) is 6.92 Å². The van der Waals surface area contributed by atoms with Crippen LogP contribution in [0.1, 0.15) is 19.8 Å². The third-order valence-electron chi connectivity index (χ3n) is 3.80. The number of nitrogens with zero attached hydrogens (tertiary/aromatic N) is 4. The molecule has 8 heteroatoms. The molecule has 0 spiro atoms. The second-order valence-electron chi connectivity index (χ2n) is 5.66. The molecule has 0 aliphatic carbocycles. The highest BCUT2D eigenvalue weighted by Gasteiger charge is 2.22. The molecule has 1 amide bonds. The number of aromatic nitrogens is 2. The molecule has 1 aromatic heterocycles. The van der Waals surface area contributed by atoms with Gasteiger partial charge in [-0.25, -0.2) is 0 Å². The molecule has 1 unspecified atom stereocenters. The van der Waals surface area contributed by atoms with Gasteiger partial charge in [0.1, 0.15) is 12.4 Å². The first-order valence-corrected chi connectivity index (χ1v) is 7.11. The minimum absolute atomic E-state index is 0.0253. The van der Waals surface area contributed by atoms with Gasteiger partial charge in [-0.15, -0.1) is 0 Å². The molecule has 0 bridgehead atoms. The Hall–Kier alpha value is -1.96. The first kappa shape index (κ1) is 15.4. The molecule has 0 saturated carbocycles. The van der Waals surface area contributed by atoms with Crippen LogP contribution in [0.3, 0.4) is 0 Å². The number of carbonyl (C=O) groups is 1. The van der Waals surface area contributed by atoms with Crippen LogP contribution >= 0.6 is 0 Å². The highest BCUT2D eigenvalue weighted by atomic mass is 16.6. The molecule has 1 saturated heterocycles. The molecule has 1 aromatic rings. The molecule has 2 rings (SSSR count). The predicted octanol–water partition coefficient (Wildman–Crippen LogP) is 0.638. The molecular weight excluding hydrogens is 274 g/mol. The highest BCUT2D eigenvalue weighted by molar-refractivity contribution is 5.78. The van der Waals surface area contributed by atoms with E-state index in [1.54, 1.807) is 6.92 Å². The van der Waals surface area contributed by atoms with Gasteiger partial charge in [-0.05, 0) is 33.0 Å². The van der Waals surface area contributed by atoms with E-state index in [4.69, 9.17) is 0 Å². The van der Waals surface area contributed by atoms with Crippen LogP contribution in [0.2, 0.25) is 0 Å². The van der Waals surface area contributed by atoms with Crippen molar-refractivity contribution in [2.45, 2.75) is 32.4 Å². The molecule has 2 heterocycles. The van der Waals surface area contributed by atoms with E-state index in [0.717, 1.165) is 25.9 Å². The lowest BCUT2D eigenvalue weighted by atomic mass is 10.0. The van der Waals surface area contributed by atoms with Gasteiger partial charge in [0.05, 0.1) is 17.4 Å². The van der Waals surface area contributed by atoms with Gasteiger partial charge in [-0.3, -0.25) is 19.6 Å². The Balaban J connectivity index is 1.83. The van der Waals surface area contributed by atoms with Crippen molar-refractivity contribution >= 4 is 11.6 Å². The maximum absolute atomic E-state index is 12.1. The summed E-state index contributed by atoms with van der Waals surface area (Å²) >= 11 is 0. The standard InChI is InChI=1S/C13H21N5O3/c1-10(8-17-9-12(7-14-17)18(20)21)13(19)15-11-3-5-16(2)6-4-11/h7,9-11H,3-6,8H2,1-2H3,(H,15,19). The summed E-state index contributed by atoms with van der Waals surface area (Å²) in [6, 6.07) is 0.225. The lowest BCUT2D eigenvalue weighted by Crippen LogP contribution is -2.45. The van der Waals surface area contributed by atoms with E-state index in [0.29, 0.717) is 6.54 Å². The zero-order chi connectivity index (χ0) is 15.4. The Bertz CT molecular complexity index is 508. The molecule has 116 valence electrons. The maximum Gasteiger partial charge on any atom is 0.306 e. The predicted molar refractivity (Wildman–Crippen MR) is 76.7 cm³/mol. The molecule has 0 aromatic carbocycles. The lowest BCUT2D eigenvalue weighted by molar-refractivity contribution is -0.385. The fourth-order valence-corrected chi connectivity index (χ4v) is 2.41. The van der Waals surface area contributed by atoms with Gasteiger partial charge in [0.2, 0.25) is 5.91 Å². The van der Waals surface area contributed by atoms with Crippen molar-refractivity contribution in [2.24, 2.45) is 5.92 Å². The molecule has 1 atom stereocenters. The number of hydrogen-bond donors (Lipinski definition) is 1. The van der Waals surface area contributed by atoms with Crippen LogP contribution in [0.4, 0.5) is 5.69 Å². The summed E-state index contributed by atoms with van der Waals surface area (Å²) in [5.41, 5.74) is -0.0575. The second kappa shape index (κ2) is 6.66. The van der Waals surface area contributed by atoms with Gasteiger partial charge >= 0.3 is 5.69 Å². The molecule has 1 aliphatic heterocycles. The van der Waals surface area contributed by atoms with Crippen LogP contribution in [0, 0.1) is 16.0 Å². The number of hydrogen-bond acceptors (Lipinski definition) is 5. The van der Waals surface area contributed by atoms with E-state index < -0.39 is 4.92 Å². The molecule has 1 fully saturated rings. The van der Waals surface area contributed by atoms with Gasteiger partial charge in [0.15, 0.2) is 0 Å². The Morgan fingerprint density at radius 2 is 2.24 bits per heavy atom.